The summed E-state index contributed by atoms with van der Waals surface area (Å²) in [6.45, 7) is 0. The lowest BCUT2D eigenvalue weighted by atomic mass is 10.1. The van der Waals surface area contributed by atoms with Crippen LogP contribution in [0.4, 0.5) is 0 Å². The van der Waals surface area contributed by atoms with E-state index in [4.69, 9.17) is 4.52 Å². The van der Waals surface area contributed by atoms with Gasteiger partial charge >= 0.3 is 0 Å². The van der Waals surface area contributed by atoms with Gasteiger partial charge in [0.2, 0.25) is 0 Å². The van der Waals surface area contributed by atoms with Crippen LogP contribution in [0.1, 0.15) is 11.4 Å². The molecule has 4 aromatic rings. The van der Waals surface area contributed by atoms with Gasteiger partial charge in [-0.2, -0.15) is 4.98 Å². The molecule has 0 spiro atoms. The number of pyridine rings is 1. The molecular formula is C19H15N3O. The van der Waals surface area contributed by atoms with Crippen LogP contribution in [0.15, 0.2) is 71.4 Å². The Morgan fingerprint density at radius 2 is 1.65 bits per heavy atom. The van der Waals surface area contributed by atoms with E-state index in [1.165, 1.54) is 5.56 Å². The summed E-state index contributed by atoms with van der Waals surface area (Å²) in [4.78, 5) is 8.90. The van der Waals surface area contributed by atoms with Gasteiger partial charge in [-0.15, -0.1) is 0 Å². The third kappa shape index (κ3) is 2.83. The summed E-state index contributed by atoms with van der Waals surface area (Å²) in [6.07, 6.45) is 3.43. The molecule has 0 aliphatic rings. The Morgan fingerprint density at radius 3 is 2.57 bits per heavy atom. The molecule has 0 amide bonds. The van der Waals surface area contributed by atoms with Gasteiger partial charge in [0, 0.05) is 18.0 Å². The van der Waals surface area contributed by atoms with Crippen LogP contribution >= 0.6 is 0 Å². The lowest BCUT2D eigenvalue weighted by Gasteiger charge is -2.00. The molecule has 2 aromatic heterocycles. The van der Waals surface area contributed by atoms with Gasteiger partial charge in [-0.05, 0) is 24.1 Å². The van der Waals surface area contributed by atoms with E-state index in [0.29, 0.717) is 5.89 Å². The van der Waals surface area contributed by atoms with Gasteiger partial charge < -0.3 is 4.52 Å². The minimum atomic E-state index is 0.548. The van der Waals surface area contributed by atoms with E-state index in [1.807, 2.05) is 48.5 Å². The van der Waals surface area contributed by atoms with E-state index in [1.54, 1.807) is 6.20 Å². The lowest BCUT2D eigenvalue weighted by molar-refractivity contribution is 0.422. The first-order valence-electron chi connectivity index (χ1n) is 7.61. The summed E-state index contributed by atoms with van der Waals surface area (Å²) < 4.78 is 5.46. The smallest absolute Gasteiger partial charge is 0.258 e. The van der Waals surface area contributed by atoms with E-state index in [-0.39, 0.29) is 0 Å². The third-order valence-electron chi connectivity index (χ3n) is 3.83. The van der Waals surface area contributed by atoms with Crippen LogP contribution in [0.3, 0.4) is 0 Å². The van der Waals surface area contributed by atoms with Crippen molar-refractivity contribution in [3.8, 4) is 11.5 Å². The molecule has 4 rings (SSSR count). The van der Waals surface area contributed by atoms with Gasteiger partial charge in [0.05, 0.1) is 11.1 Å². The fourth-order valence-corrected chi connectivity index (χ4v) is 2.65. The largest absolute Gasteiger partial charge is 0.334 e. The van der Waals surface area contributed by atoms with Crippen molar-refractivity contribution < 1.29 is 4.52 Å². The highest BCUT2D eigenvalue weighted by Gasteiger charge is 2.12. The zero-order chi connectivity index (χ0) is 15.5. The van der Waals surface area contributed by atoms with Crippen molar-refractivity contribution in [3.63, 3.8) is 0 Å². The number of aromatic nitrogens is 3. The maximum atomic E-state index is 5.46. The maximum Gasteiger partial charge on any atom is 0.258 e. The van der Waals surface area contributed by atoms with Crippen molar-refractivity contribution >= 4 is 10.9 Å². The van der Waals surface area contributed by atoms with Crippen LogP contribution in [0, 0.1) is 0 Å². The first-order chi connectivity index (χ1) is 11.4. The highest BCUT2D eigenvalue weighted by molar-refractivity contribution is 5.91. The quantitative estimate of drug-likeness (QED) is 0.570. The number of nitrogens with zero attached hydrogens (tertiary/aromatic N) is 3. The fraction of sp³-hybridized carbons (Fsp3) is 0.105. The third-order valence-corrected chi connectivity index (χ3v) is 3.83. The monoisotopic (exact) mass is 301 g/mol. The molecule has 0 saturated carbocycles. The van der Waals surface area contributed by atoms with E-state index in [0.717, 1.165) is 35.1 Å². The summed E-state index contributed by atoms with van der Waals surface area (Å²) >= 11 is 0. The molecule has 0 fully saturated rings. The van der Waals surface area contributed by atoms with Crippen LogP contribution in [-0.4, -0.2) is 15.1 Å². The molecule has 0 radical (unpaired) electrons. The first kappa shape index (κ1) is 13.6. The molecule has 0 saturated heterocycles. The van der Waals surface area contributed by atoms with Crippen LogP contribution in [0.2, 0.25) is 0 Å². The Bertz CT molecular complexity index is 926. The topological polar surface area (TPSA) is 51.8 Å². The fourth-order valence-electron chi connectivity index (χ4n) is 2.65. The van der Waals surface area contributed by atoms with E-state index in [9.17, 15) is 0 Å². The van der Waals surface area contributed by atoms with Crippen LogP contribution in [0.25, 0.3) is 22.4 Å². The van der Waals surface area contributed by atoms with E-state index in [2.05, 4.69) is 27.3 Å². The Labute approximate surface area is 133 Å². The van der Waals surface area contributed by atoms with Crippen molar-refractivity contribution in [2.24, 2.45) is 0 Å². The number of hydrogen-bond acceptors (Lipinski definition) is 4. The van der Waals surface area contributed by atoms with Crippen molar-refractivity contribution in [2.45, 2.75) is 12.8 Å². The first-order valence-corrected chi connectivity index (χ1v) is 7.61. The molecule has 2 heterocycles. The molecule has 0 bridgehead atoms. The maximum absolute atomic E-state index is 5.46. The second-order valence-corrected chi connectivity index (χ2v) is 5.38. The van der Waals surface area contributed by atoms with Gasteiger partial charge in [0.25, 0.3) is 5.89 Å². The Balaban J connectivity index is 1.60. The number of rotatable bonds is 4. The summed E-state index contributed by atoms with van der Waals surface area (Å²) in [5.74, 6) is 1.27. The minimum Gasteiger partial charge on any atom is -0.334 e. The number of fused-ring (bicyclic) bond motifs is 1. The Kier molecular flexibility index (Phi) is 3.56. The molecule has 0 unspecified atom stereocenters. The Hall–Kier alpha value is -3.01. The van der Waals surface area contributed by atoms with Crippen molar-refractivity contribution in [1.29, 1.82) is 0 Å². The number of benzene rings is 2. The minimum absolute atomic E-state index is 0.548. The van der Waals surface area contributed by atoms with Gasteiger partial charge in [0.15, 0.2) is 5.82 Å². The summed E-state index contributed by atoms with van der Waals surface area (Å²) in [5, 5.41) is 5.13. The molecule has 4 nitrogen and oxygen atoms in total. The zero-order valence-corrected chi connectivity index (χ0v) is 12.5. The zero-order valence-electron chi connectivity index (χ0n) is 12.5. The summed E-state index contributed by atoms with van der Waals surface area (Å²) in [7, 11) is 0. The molecular weight excluding hydrogens is 286 g/mol. The predicted octanol–water partition coefficient (Wildman–Crippen LogP) is 4.07. The van der Waals surface area contributed by atoms with Crippen molar-refractivity contribution in [2.75, 3.05) is 0 Å². The average molecular weight is 301 g/mol. The summed E-state index contributed by atoms with van der Waals surface area (Å²) in [5.41, 5.74) is 3.12. The number of hydrogen-bond donors (Lipinski definition) is 0. The highest BCUT2D eigenvalue weighted by atomic mass is 16.5. The number of aryl methyl sites for hydroxylation is 2. The van der Waals surface area contributed by atoms with Crippen molar-refractivity contribution in [3.05, 3.63) is 78.2 Å². The Morgan fingerprint density at radius 1 is 0.826 bits per heavy atom. The highest BCUT2D eigenvalue weighted by Crippen LogP contribution is 2.25. The molecule has 4 heteroatoms. The van der Waals surface area contributed by atoms with E-state index < -0.39 is 0 Å². The van der Waals surface area contributed by atoms with Crippen molar-refractivity contribution in [1.82, 2.24) is 15.1 Å². The van der Waals surface area contributed by atoms with Gasteiger partial charge in [-0.1, -0.05) is 53.7 Å². The van der Waals surface area contributed by atoms with Gasteiger partial charge in [0.1, 0.15) is 0 Å². The van der Waals surface area contributed by atoms with Crippen LogP contribution in [0.5, 0.6) is 0 Å². The van der Waals surface area contributed by atoms with Crippen LogP contribution in [-0.2, 0) is 12.8 Å². The standard InChI is InChI=1S/C19H15N3O/c1-2-6-14(7-3-1)10-11-18-21-19(23-22-18)16-12-13-20-17-9-5-4-8-15(16)17/h1-9,12-13H,10-11H2. The molecule has 23 heavy (non-hydrogen) atoms. The molecule has 0 aliphatic heterocycles. The molecule has 112 valence electrons. The van der Waals surface area contributed by atoms with Gasteiger partial charge in [-0.25, -0.2) is 0 Å². The molecule has 0 aliphatic carbocycles. The lowest BCUT2D eigenvalue weighted by Crippen LogP contribution is -1.93. The number of para-hydroxylation sites is 1. The van der Waals surface area contributed by atoms with Gasteiger partial charge in [-0.3, -0.25) is 4.98 Å². The molecule has 0 N–H and O–H groups in total. The second kappa shape index (κ2) is 6.01. The molecule has 0 atom stereocenters. The van der Waals surface area contributed by atoms with E-state index >= 15 is 0 Å². The normalized spacial score (nSPS) is 11.0. The second-order valence-electron chi connectivity index (χ2n) is 5.38. The predicted molar refractivity (Wildman–Crippen MR) is 88.9 cm³/mol. The molecule has 2 aromatic carbocycles. The average Bonchev–Trinajstić information content (AvgIpc) is 3.09. The summed E-state index contributed by atoms with van der Waals surface area (Å²) in [6, 6.07) is 20.2. The SMILES string of the molecule is c1ccc(CCc2noc(-c3ccnc4ccccc34)n2)cc1. The van der Waals surface area contributed by atoms with Crippen LogP contribution < -0.4 is 0 Å².